The third-order valence-electron chi connectivity index (χ3n) is 3.07. The summed E-state index contributed by atoms with van der Waals surface area (Å²) in [6.07, 6.45) is -2.73. The lowest BCUT2D eigenvalue weighted by Crippen LogP contribution is -2.30. The molecule has 3 nitrogen and oxygen atoms in total. The fourth-order valence-corrected chi connectivity index (χ4v) is 2.49. The summed E-state index contributed by atoms with van der Waals surface area (Å²) < 4.78 is 37.0. The lowest BCUT2D eigenvalue weighted by Gasteiger charge is -2.29. The molecule has 104 valence electrons. The van der Waals surface area contributed by atoms with Crippen molar-refractivity contribution in [1.82, 2.24) is 10.2 Å². The van der Waals surface area contributed by atoms with Crippen molar-refractivity contribution >= 4 is 28.1 Å². The van der Waals surface area contributed by atoms with E-state index in [1.54, 1.807) is 0 Å². The van der Waals surface area contributed by atoms with Crippen LogP contribution in [0.15, 0.2) is 0 Å². The number of halogens is 4. The molecule has 0 amide bonds. The minimum Gasteiger partial charge on any atom is -0.359 e. The predicted molar refractivity (Wildman–Crippen MR) is 67.1 cm³/mol. The van der Waals surface area contributed by atoms with Gasteiger partial charge in [-0.1, -0.05) is 25.2 Å². The van der Waals surface area contributed by atoms with Crippen LogP contribution in [0.5, 0.6) is 0 Å². The maximum absolute atomic E-state index is 12.3. The molecular formula is C10H15ClF3N3S. The number of rotatable bonds is 6. The second kappa shape index (κ2) is 6.06. The van der Waals surface area contributed by atoms with Crippen LogP contribution < -0.4 is 5.32 Å². The Morgan fingerprint density at radius 3 is 2.22 bits per heavy atom. The number of aromatic nitrogens is 2. The molecule has 0 aliphatic rings. The van der Waals surface area contributed by atoms with Gasteiger partial charge in [-0.05, 0) is 12.8 Å². The highest BCUT2D eigenvalue weighted by atomic mass is 35.5. The highest BCUT2D eigenvalue weighted by Crippen LogP contribution is 2.34. The van der Waals surface area contributed by atoms with Gasteiger partial charge < -0.3 is 5.32 Å². The van der Waals surface area contributed by atoms with Gasteiger partial charge in [0.05, 0.1) is 0 Å². The van der Waals surface area contributed by atoms with E-state index < -0.39 is 11.2 Å². The van der Waals surface area contributed by atoms with Gasteiger partial charge in [-0.3, -0.25) is 0 Å². The van der Waals surface area contributed by atoms with Crippen LogP contribution in [0, 0.1) is 5.41 Å². The van der Waals surface area contributed by atoms with Crippen LogP contribution in [0.4, 0.5) is 18.3 Å². The molecule has 0 aromatic carbocycles. The number of anilines is 1. The van der Waals surface area contributed by atoms with Crippen molar-refractivity contribution in [2.24, 2.45) is 5.41 Å². The van der Waals surface area contributed by atoms with E-state index in [0.29, 0.717) is 23.8 Å². The molecule has 18 heavy (non-hydrogen) atoms. The van der Waals surface area contributed by atoms with Gasteiger partial charge in [0.2, 0.25) is 10.1 Å². The first kappa shape index (κ1) is 15.5. The first-order valence-corrected chi connectivity index (χ1v) is 6.92. The van der Waals surface area contributed by atoms with Crippen LogP contribution in [0.1, 0.15) is 31.7 Å². The molecular weight excluding hydrogens is 287 g/mol. The third-order valence-corrected chi connectivity index (χ3v) is 4.56. The number of hydrogen-bond donors (Lipinski definition) is 1. The quantitative estimate of drug-likeness (QED) is 0.807. The summed E-state index contributed by atoms with van der Waals surface area (Å²) in [6.45, 7) is 4.51. The minimum atomic E-state index is -4.43. The second-order valence-corrected chi connectivity index (χ2v) is 5.35. The van der Waals surface area contributed by atoms with E-state index in [-0.39, 0.29) is 10.5 Å². The van der Waals surface area contributed by atoms with Crippen LogP contribution in [-0.2, 0) is 6.18 Å². The Morgan fingerprint density at radius 2 is 1.83 bits per heavy atom. The summed E-state index contributed by atoms with van der Waals surface area (Å²) in [4.78, 5) is 0. The molecule has 1 rings (SSSR count). The molecule has 0 fully saturated rings. The summed E-state index contributed by atoms with van der Waals surface area (Å²) in [7, 11) is 0. The third kappa shape index (κ3) is 3.71. The molecule has 0 spiro atoms. The van der Waals surface area contributed by atoms with Crippen LogP contribution in [-0.4, -0.2) is 22.6 Å². The van der Waals surface area contributed by atoms with Crippen LogP contribution >= 0.6 is 22.9 Å². The molecule has 0 saturated heterocycles. The Labute approximate surface area is 113 Å². The van der Waals surface area contributed by atoms with Crippen LogP contribution in [0.2, 0.25) is 0 Å². The summed E-state index contributed by atoms with van der Waals surface area (Å²) in [5.41, 5.74) is -0.119. The van der Waals surface area contributed by atoms with Crippen molar-refractivity contribution in [3.05, 3.63) is 5.01 Å². The fourth-order valence-electron chi connectivity index (χ4n) is 1.41. The molecule has 0 radical (unpaired) electrons. The van der Waals surface area contributed by atoms with Crippen molar-refractivity contribution in [1.29, 1.82) is 0 Å². The SMILES string of the molecule is CCC(CC)(CCl)CNc1nnc(C(F)(F)F)s1. The summed E-state index contributed by atoms with van der Waals surface area (Å²) in [5.74, 6) is 0.456. The van der Waals surface area contributed by atoms with E-state index in [0.717, 1.165) is 12.8 Å². The van der Waals surface area contributed by atoms with Crippen LogP contribution in [0.25, 0.3) is 0 Å². The maximum atomic E-state index is 12.3. The van der Waals surface area contributed by atoms with Crippen molar-refractivity contribution < 1.29 is 13.2 Å². The average Bonchev–Trinajstić information content (AvgIpc) is 2.80. The normalized spacial score (nSPS) is 12.8. The molecule has 0 unspecified atom stereocenters. The van der Waals surface area contributed by atoms with E-state index in [2.05, 4.69) is 15.5 Å². The molecule has 1 N–H and O–H groups in total. The molecule has 0 atom stereocenters. The molecule has 1 aromatic rings. The highest BCUT2D eigenvalue weighted by Gasteiger charge is 2.36. The van der Waals surface area contributed by atoms with E-state index in [1.165, 1.54) is 0 Å². The van der Waals surface area contributed by atoms with Gasteiger partial charge in [0.1, 0.15) is 0 Å². The smallest absolute Gasteiger partial charge is 0.359 e. The van der Waals surface area contributed by atoms with Gasteiger partial charge in [0.15, 0.2) is 0 Å². The largest absolute Gasteiger partial charge is 0.445 e. The first-order chi connectivity index (χ1) is 8.37. The highest BCUT2D eigenvalue weighted by molar-refractivity contribution is 7.15. The summed E-state index contributed by atoms with van der Waals surface area (Å²) >= 11 is 6.43. The average molecular weight is 302 g/mol. The van der Waals surface area contributed by atoms with Gasteiger partial charge >= 0.3 is 6.18 Å². The topological polar surface area (TPSA) is 37.8 Å². The molecule has 0 saturated carbocycles. The van der Waals surface area contributed by atoms with Gasteiger partial charge in [-0.15, -0.1) is 21.8 Å². The van der Waals surface area contributed by atoms with Gasteiger partial charge in [0, 0.05) is 17.8 Å². The predicted octanol–water partition coefficient (Wildman–Crippen LogP) is 4.01. The Hall–Kier alpha value is -0.560. The van der Waals surface area contributed by atoms with E-state index in [1.807, 2.05) is 13.8 Å². The van der Waals surface area contributed by atoms with Crippen molar-refractivity contribution in [2.75, 3.05) is 17.7 Å². The van der Waals surface area contributed by atoms with Crippen molar-refractivity contribution in [2.45, 2.75) is 32.9 Å². The number of nitrogens with zero attached hydrogens (tertiary/aromatic N) is 2. The van der Waals surface area contributed by atoms with Gasteiger partial charge in [0.25, 0.3) is 0 Å². The van der Waals surface area contributed by atoms with Crippen molar-refractivity contribution in [3.8, 4) is 0 Å². The Kier molecular flexibility index (Phi) is 5.21. The molecule has 8 heteroatoms. The summed E-state index contributed by atoms with van der Waals surface area (Å²) in [5, 5.41) is 8.73. The zero-order valence-corrected chi connectivity index (χ0v) is 11.7. The number of alkyl halides is 4. The monoisotopic (exact) mass is 301 g/mol. The standard InChI is InChI=1S/C10H15ClF3N3S/c1-3-9(4-2,5-11)6-15-8-17-16-7(18-8)10(12,13)14/h3-6H2,1-2H3,(H,15,17). The number of hydrogen-bond acceptors (Lipinski definition) is 4. The zero-order valence-electron chi connectivity index (χ0n) is 10.1. The second-order valence-electron chi connectivity index (χ2n) is 4.10. The van der Waals surface area contributed by atoms with Gasteiger partial charge in [-0.25, -0.2) is 0 Å². The summed E-state index contributed by atoms with van der Waals surface area (Å²) in [6, 6.07) is 0. The van der Waals surface area contributed by atoms with Gasteiger partial charge in [-0.2, -0.15) is 13.2 Å². The zero-order chi connectivity index (χ0) is 13.8. The number of nitrogens with one attached hydrogen (secondary N) is 1. The van der Waals surface area contributed by atoms with Crippen LogP contribution in [0.3, 0.4) is 0 Å². The van der Waals surface area contributed by atoms with Crippen molar-refractivity contribution in [3.63, 3.8) is 0 Å². The fraction of sp³-hybridized carbons (Fsp3) is 0.800. The maximum Gasteiger partial charge on any atom is 0.445 e. The molecule has 0 bridgehead atoms. The molecule has 0 aliphatic carbocycles. The van der Waals surface area contributed by atoms with E-state index >= 15 is 0 Å². The Balaban J connectivity index is 2.66. The molecule has 1 heterocycles. The van der Waals surface area contributed by atoms with E-state index in [9.17, 15) is 13.2 Å². The Bertz CT molecular complexity index is 368. The Morgan fingerprint density at radius 1 is 1.22 bits per heavy atom. The molecule has 0 aliphatic heterocycles. The molecule has 1 aromatic heterocycles. The first-order valence-electron chi connectivity index (χ1n) is 5.57. The lowest BCUT2D eigenvalue weighted by molar-refractivity contribution is -0.138. The van der Waals surface area contributed by atoms with E-state index in [4.69, 9.17) is 11.6 Å². The minimum absolute atomic E-state index is 0.119. The lowest BCUT2D eigenvalue weighted by atomic mass is 9.84.